The topological polar surface area (TPSA) is 81.7 Å². The van der Waals surface area contributed by atoms with Crippen molar-refractivity contribution >= 4 is 17.8 Å². The van der Waals surface area contributed by atoms with Crippen molar-refractivity contribution in [2.24, 2.45) is 5.92 Å². The lowest BCUT2D eigenvalue weighted by Crippen LogP contribution is -2.30. The Morgan fingerprint density at radius 1 is 1.04 bits per heavy atom. The van der Waals surface area contributed by atoms with E-state index in [4.69, 9.17) is 9.47 Å². The molecule has 1 N–H and O–H groups in total. The van der Waals surface area contributed by atoms with E-state index in [-0.39, 0.29) is 25.5 Å². The lowest BCUT2D eigenvalue weighted by atomic mass is 10.0. The van der Waals surface area contributed by atoms with Crippen LogP contribution in [0.15, 0.2) is 24.3 Å². The average Bonchev–Trinajstić information content (AvgIpc) is 2.55. The fourth-order valence-electron chi connectivity index (χ4n) is 2.25. The van der Waals surface area contributed by atoms with Crippen molar-refractivity contribution in [2.75, 3.05) is 19.8 Å². The quantitative estimate of drug-likeness (QED) is 0.425. The number of rotatable bonds is 9. The molecule has 0 aliphatic carbocycles. The molecule has 1 amide bonds. The van der Waals surface area contributed by atoms with Crippen LogP contribution < -0.4 is 5.32 Å². The van der Waals surface area contributed by atoms with Crippen molar-refractivity contribution in [2.45, 2.75) is 33.6 Å². The lowest BCUT2D eigenvalue weighted by molar-refractivity contribution is -0.161. The summed E-state index contributed by atoms with van der Waals surface area (Å²) in [6.45, 7) is 6.01. The molecule has 0 spiro atoms. The van der Waals surface area contributed by atoms with Gasteiger partial charge < -0.3 is 14.8 Å². The SMILES string of the molecule is CCOC(=O)C(CCCNC(=O)c1ccccc1C)C(=O)OCC. The molecule has 0 fully saturated rings. The molecule has 24 heavy (non-hydrogen) atoms. The molecule has 1 aromatic carbocycles. The molecule has 1 aromatic rings. The van der Waals surface area contributed by atoms with Crippen molar-refractivity contribution in [1.29, 1.82) is 0 Å². The number of benzene rings is 1. The fraction of sp³-hybridized carbons (Fsp3) is 0.500. The molecule has 0 bridgehead atoms. The van der Waals surface area contributed by atoms with E-state index in [2.05, 4.69) is 5.32 Å². The van der Waals surface area contributed by atoms with Crippen LogP contribution in [0.4, 0.5) is 0 Å². The van der Waals surface area contributed by atoms with Crippen LogP contribution in [0.2, 0.25) is 0 Å². The maximum Gasteiger partial charge on any atom is 0.320 e. The number of esters is 2. The van der Waals surface area contributed by atoms with E-state index in [1.165, 1.54) is 0 Å². The van der Waals surface area contributed by atoms with Crippen LogP contribution in [0.25, 0.3) is 0 Å². The van der Waals surface area contributed by atoms with Gasteiger partial charge in [-0.15, -0.1) is 0 Å². The maximum atomic E-state index is 12.1. The highest BCUT2D eigenvalue weighted by atomic mass is 16.6. The van der Waals surface area contributed by atoms with Crippen molar-refractivity contribution in [3.8, 4) is 0 Å². The Morgan fingerprint density at radius 3 is 2.17 bits per heavy atom. The van der Waals surface area contributed by atoms with Crippen LogP contribution in [0.1, 0.15) is 42.6 Å². The van der Waals surface area contributed by atoms with Gasteiger partial charge in [0, 0.05) is 12.1 Å². The third-order valence-corrected chi connectivity index (χ3v) is 3.49. The largest absolute Gasteiger partial charge is 0.465 e. The first-order valence-corrected chi connectivity index (χ1v) is 8.18. The lowest BCUT2D eigenvalue weighted by Gasteiger charge is -2.14. The minimum atomic E-state index is -0.944. The zero-order valence-electron chi connectivity index (χ0n) is 14.5. The molecule has 1 rings (SSSR count). The molecular weight excluding hydrogens is 310 g/mol. The van der Waals surface area contributed by atoms with Crippen molar-refractivity contribution in [3.05, 3.63) is 35.4 Å². The Labute approximate surface area is 142 Å². The summed E-state index contributed by atoms with van der Waals surface area (Å²) in [6, 6.07) is 7.30. The first-order valence-electron chi connectivity index (χ1n) is 8.18. The van der Waals surface area contributed by atoms with Gasteiger partial charge in [-0.1, -0.05) is 18.2 Å². The summed E-state index contributed by atoms with van der Waals surface area (Å²) in [5, 5.41) is 2.79. The van der Waals surface area contributed by atoms with Gasteiger partial charge in [-0.3, -0.25) is 14.4 Å². The average molecular weight is 335 g/mol. The third-order valence-electron chi connectivity index (χ3n) is 3.49. The highest BCUT2D eigenvalue weighted by Gasteiger charge is 2.28. The number of hydrogen-bond donors (Lipinski definition) is 1. The van der Waals surface area contributed by atoms with Crippen molar-refractivity contribution in [3.63, 3.8) is 0 Å². The smallest absolute Gasteiger partial charge is 0.320 e. The number of carbonyl (C=O) groups excluding carboxylic acids is 3. The number of ether oxygens (including phenoxy) is 2. The molecule has 0 heterocycles. The monoisotopic (exact) mass is 335 g/mol. The normalized spacial score (nSPS) is 10.3. The number of carbonyl (C=O) groups is 3. The summed E-state index contributed by atoms with van der Waals surface area (Å²) in [4.78, 5) is 35.8. The first-order chi connectivity index (χ1) is 11.5. The molecule has 0 aliphatic heterocycles. The zero-order valence-corrected chi connectivity index (χ0v) is 14.5. The van der Waals surface area contributed by atoms with Gasteiger partial charge in [0.05, 0.1) is 13.2 Å². The van der Waals surface area contributed by atoms with Gasteiger partial charge in [-0.2, -0.15) is 0 Å². The molecule has 6 nitrogen and oxygen atoms in total. The molecule has 0 aromatic heterocycles. The minimum absolute atomic E-state index is 0.170. The first kappa shape index (κ1) is 19.7. The van der Waals surface area contributed by atoms with Gasteiger partial charge in [-0.25, -0.2) is 0 Å². The molecule has 0 saturated carbocycles. The predicted molar refractivity (Wildman–Crippen MR) is 89.5 cm³/mol. The molecule has 0 aliphatic rings. The Hall–Kier alpha value is -2.37. The molecule has 0 atom stereocenters. The van der Waals surface area contributed by atoms with E-state index in [1.54, 1.807) is 26.0 Å². The van der Waals surface area contributed by atoms with Gasteiger partial charge in [0.2, 0.25) is 0 Å². The Morgan fingerprint density at radius 2 is 1.62 bits per heavy atom. The van der Waals surface area contributed by atoms with E-state index < -0.39 is 17.9 Å². The summed E-state index contributed by atoms with van der Waals surface area (Å²) in [6.07, 6.45) is 0.742. The number of hydrogen-bond acceptors (Lipinski definition) is 5. The van der Waals surface area contributed by atoms with E-state index in [0.717, 1.165) is 5.56 Å². The van der Waals surface area contributed by atoms with Crippen LogP contribution in [-0.2, 0) is 19.1 Å². The second kappa shape index (κ2) is 10.4. The standard InChI is InChI=1S/C18H25NO5/c1-4-23-17(21)15(18(22)24-5-2)11-8-12-19-16(20)14-10-7-6-9-13(14)3/h6-7,9-10,15H,4-5,8,11-12H2,1-3H3,(H,19,20). The van der Waals surface area contributed by atoms with E-state index in [1.807, 2.05) is 19.1 Å². The molecule has 6 heteroatoms. The number of nitrogens with one attached hydrogen (secondary N) is 1. The van der Waals surface area contributed by atoms with E-state index in [9.17, 15) is 14.4 Å². The van der Waals surface area contributed by atoms with Crippen molar-refractivity contribution < 1.29 is 23.9 Å². The van der Waals surface area contributed by atoms with Gasteiger partial charge in [0.15, 0.2) is 5.92 Å². The van der Waals surface area contributed by atoms with E-state index in [0.29, 0.717) is 18.5 Å². The molecule has 0 radical (unpaired) electrons. The fourth-order valence-corrected chi connectivity index (χ4v) is 2.25. The summed E-state index contributed by atoms with van der Waals surface area (Å²) >= 11 is 0. The molecular formula is C18H25NO5. The predicted octanol–water partition coefficient (Wildman–Crippen LogP) is 2.25. The summed E-state index contributed by atoms with van der Waals surface area (Å²) < 4.78 is 9.82. The summed E-state index contributed by atoms with van der Waals surface area (Å²) in [5.41, 5.74) is 1.51. The van der Waals surface area contributed by atoms with Crippen LogP contribution in [-0.4, -0.2) is 37.6 Å². The number of amides is 1. The van der Waals surface area contributed by atoms with Crippen LogP contribution in [0.5, 0.6) is 0 Å². The van der Waals surface area contributed by atoms with Gasteiger partial charge in [0.25, 0.3) is 5.91 Å². The van der Waals surface area contributed by atoms with Gasteiger partial charge in [0.1, 0.15) is 0 Å². The van der Waals surface area contributed by atoms with Crippen LogP contribution >= 0.6 is 0 Å². The van der Waals surface area contributed by atoms with Gasteiger partial charge in [-0.05, 0) is 45.2 Å². The Bertz CT molecular complexity index is 552. The van der Waals surface area contributed by atoms with E-state index >= 15 is 0 Å². The maximum absolute atomic E-state index is 12.1. The zero-order chi connectivity index (χ0) is 17.9. The van der Waals surface area contributed by atoms with Gasteiger partial charge >= 0.3 is 11.9 Å². The second-order valence-corrected chi connectivity index (χ2v) is 5.27. The second-order valence-electron chi connectivity index (χ2n) is 5.27. The van der Waals surface area contributed by atoms with Crippen LogP contribution in [0.3, 0.4) is 0 Å². The third kappa shape index (κ3) is 6.02. The molecule has 132 valence electrons. The summed E-state index contributed by atoms with van der Waals surface area (Å²) in [5.74, 6) is -2.28. The highest BCUT2D eigenvalue weighted by Crippen LogP contribution is 2.12. The Balaban J connectivity index is 2.50. The van der Waals surface area contributed by atoms with Crippen LogP contribution in [0, 0.1) is 12.8 Å². The van der Waals surface area contributed by atoms with Crippen molar-refractivity contribution in [1.82, 2.24) is 5.32 Å². The molecule has 0 unspecified atom stereocenters. The highest BCUT2D eigenvalue weighted by molar-refractivity contribution is 5.96. The Kier molecular flexibility index (Phi) is 8.54. The molecule has 0 saturated heterocycles. The number of aryl methyl sites for hydroxylation is 1. The summed E-state index contributed by atoms with van der Waals surface area (Å²) in [7, 11) is 0. The minimum Gasteiger partial charge on any atom is -0.465 e.